The van der Waals surface area contributed by atoms with E-state index in [1.807, 2.05) is 6.07 Å². The molecule has 0 aliphatic carbocycles. The molecule has 0 saturated heterocycles. The maximum absolute atomic E-state index is 11.8. The maximum atomic E-state index is 11.8. The largest absolute Gasteiger partial charge is 0.504 e. The van der Waals surface area contributed by atoms with Crippen LogP contribution in [0.15, 0.2) is 54.7 Å². The quantitative estimate of drug-likeness (QED) is 0.626. The van der Waals surface area contributed by atoms with Gasteiger partial charge in [-0.15, -0.1) is 0 Å². The Labute approximate surface area is 139 Å². The molecule has 1 aromatic carbocycles. The second kappa shape index (κ2) is 8.43. The van der Waals surface area contributed by atoms with Gasteiger partial charge in [-0.3, -0.25) is 14.6 Å². The average molecular weight is 323 g/mol. The van der Waals surface area contributed by atoms with Gasteiger partial charge in [0.25, 0.3) is 0 Å². The van der Waals surface area contributed by atoms with Crippen molar-refractivity contribution >= 4 is 23.7 Å². The van der Waals surface area contributed by atoms with Crippen molar-refractivity contribution in [2.45, 2.75) is 6.42 Å². The normalized spacial score (nSPS) is 11.0. The molecule has 0 bridgehead atoms. The van der Waals surface area contributed by atoms with E-state index in [0.717, 1.165) is 0 Å². The number of nitrogens with zero attached hydrogens (tertiary/aromatic N) is 1. The lowest BCUT2D eigenvalue weighted by Crippen LogP contribution is -2.02. The van der Waals surface area contributed by atoms with Gasteiger partial charge in [0, 0.05) is 6.20 Å². The molecule has 0 atom stereocenters. The van der Waals surface area contributed by atoms with E-state index in [2.05, 4.69) is 4.98 Å². The van der Waals surface area contributed by atoms with E-state index in [9.17, 15) is 14.7 Å². The molecule has 5 heteroatoms. The Balaban J connectivity index is 1.92. The fourth-order valence-electron chi connectivity index (χ4n) is 1.93. The molecule has 0 fully saturated rings. The highest BCUT2D eigenvalue weighted by Gasteiger charge is 2.05. The van der Waals surface area contributed by atoms with Gasteiger partial charge in [-0.05, 0) is 48.1 Å². The molecule has 0 amide bonds. The number of benzene rings is 1. The van der Waals surface area contributed by atoms with Gasteiger partial charge in [0.15, 0.2) is 23.1 Å². The molecule has 2 aromatic rings. The summed E-state index contributed by atoms with van der Waals surface area (Å²) in [5, 5.41) is 9.51. The van der Waals surface area contributed by atoms with Gasteiger partial charge in [0.05, 0.1) is 19.2 Å². The Morgan fingerprint density at radius 1 is 1.12 bits per heavy atom. The van der Waals surface area contributed by atoms with Crippen LogP contribution in [-0.2, 0) is 9.59 Å². The predicted octanol–water partition coefficient (Wildman–Crippen LogP) is 3.05. The minimum atomic E-state index is -0.308. The number of phenols is 1. The van der Waals surface area contributed by atoms with Crippen LogP contribution < -0.4 is 4.74 Å². The number of ether oxygens (including phenoxy) is 1. The van der Waals surface area contributed by atoms with Crippen LogP contribution in [0.25, 0.3) is 12.2 Å². The number of rotatable bonds is 7. The van der Waals surface area contributed by atoms with Crippen LogP contribution >= 0.6 is 0 Å². The van der Waals surface area contributed by atoms with Gasteiger partial charge < -0.3 is 9.84 Å². The van der Waals surface area contributed by atoms with Crippen LogP contribution in [0.5, 0.6) is 11.5 Å². The fraction of sp³-hybridized carbons (Fsp3) is 0.105. The molecule has 0 aliphatic rings. The van der Waals surface area contributed by atoms with Crippen molar-refractivity contribution in [2.75, 3.05) is 7.11 Å². The average Bonchev–Trinajstić information content (AvgIpc) is 2.60. The van der Waals surface area contributed by atoms with Crippen LogP contribution in [0.3, 0.4) is 0 Å². The molecule has 2 rings (SSSR count). The first kappa shape index (κ1) is 17.1. The molecule has 0 saturated carbocycles. The van der Waals surface area contributed by atoms with Gasteiger partial charge in [-0.1, -0.05) is 18.2 Å². The lowest BCUT2D eigenvalue weighted by molar-refractivity contribution is -0.121. The van der Waals surface area contributed by atoms with Crippen molar-refractivity contribution in [1.82, 2.24) is 4.98 Å². The second-order valence-electron chi connectivity index (χ2n) is 4.96. The summed E-state index contributed by atoms with van der Waals surface area (Å²) >= 11 is 0. The lowest BCUT2D eigenvalue weighted by atomic mass is 10.1. The van der Waals surface area contributed by atoms with E-state index < -0.39 is 0 Å². The molecule has 1 N–H and O–H groups in total. The molecular formula is C19H17NO4. The van der Waals surface area contributed by atoms with Crippen LogP contribution in [0.2, 0.25) is 0 Å². The summed E-state index contributed by atoms with van der Waals surface area (Å²) in [4.78, 5) is 27.6. The number of phenolic OH excluding ortho intramolecular Hbond substituents is 1. The van der Waals surface area contributed by atoms with E-state index in [1.165, 1.54) is 25.3 Å². The van der Waals surface area contributed by atoms with Gasteiger partial charge in [-0.25, -0.2) is 0 Å². The number of pyridine rings is 1. The van der Waals surface area contributed by atoms with Crippen molar-refractivity contribution in [2.24, 2.45) is 0 Å². The third-order valence-corrected chi connectivity index (χ3v) is 3.14. The Morgan fingerprint density at radius 3 is 2.54 bits per heavy atom. The predicted molar refractivity (Wildman–Crippen MR) is 91.6 cm³/mol. The van der Waals surface area contributed by atoms with Crippen molar-refractivity contribution < 1.29 is 19.4 Å². The third-order valence-electron chi connectivity index (χ3n) is 3.14. The number of aromatic nitrogens is 1. The number of hydrogen-bond donors (Lipinski definition) is 1. The highest BCUT2D eigenvalue weighted by molar-refractivity contribution is 6.10. The van der Waals surface area contributed by atoms with E-state index in [0.29, 0.717) is 17.0 Å². The van der Waals surface area contributed by atoms with Gasteiger partial charge in [-0.2, -0.15) is 0 Å². The molecule has 0 spiro atoms. The van der Waals surface area contributed by atoms with Crippen molar-refractivity contribution in [3.63, 3.8) is 0 Å². The third kappa shape index (κ3) is 5.21. The number of carbonyl (C=O) groups excluding carboxylic acids is 2. The molecule has 1 heterocycles. The van der Waals surface area contributed by atoms with E-state index in [-0.39, 0.29) is 23.7 Å². The first-order chi connectivity index (χ1) is 11.6. The van der Waals surface area contributed by atoms with Gasteiger partial charge >= 0.3 is 0 Å². The molecule has 24 heavy (non-hydrogen) atoms. The number of hydrogen-bond acceptors (Lipinski definition) is 5. The number of ketones is 2. The zero-order chi connectivity index (χ0) is 17.4. The van der Waals surface area contributed by atoms with Crippen LogP contribution in [0.4, 0.5) is 0 Å². The van der Waals surface area contributed by atoms with Crippen molar-refractivity contribution in [3.05, 3.63) is 66.0 Å². The molecule has 122 valence electrons. The summed E-state index contributed by atoms with van der Waals surface area (Å²) in [6.07, 6.45) is 7.24. The van der Waals surface area contributed by atoms with Crippen molar-refractivity contribution in [3.8, 4) is 11.5 Å². The first-order valence-corrected chi connectivity index (χ1v) is 7.28. The van der Waals surface area contributed by atoms with E-state index in [4.69, 9.17) is 4.74 Å². The van der Waals surface area contributed by atoms with Crippen LogP contribution in [-0.4, -0.2) is 28.8 Å². The van der Waals surface area contributed by atoms with Crippen molar-refractivity contribution in [1.29, 1.82) is 0 Å². The van der Waals surface area contributed by atoms with Crippen LogP contribution in [0, 0.1) is 0 Å². The molecule has 0 radical (unpaired) electrons. The molecule has 1 aromatic heterocycles. The first-order valence-electron chi connectivity index (χ1n) is 7.28. The summed E-state index contributed by atoms with van der Waals surface area (Å²) in [6.45, 7) is 0. The zero-order valence-electron chi connectivity index (χ0n) is 13.2. The number of methoxy groups -OCH3 is 1. The van der Waals surface area contributed by atoms with E-state index in [1.54, 1.807) is 42.6 Å². The Hall–Kier alpha value is -3.21. The van der Waals surface area contributed by atoms with E-state index >= 15 is 0 Å². The smallest absolute Gasteiger partial charge is 0.163 e. The summed E-state index contributed by atoms with van der Waals surface area (Å²) < 4.78 is 4.99. The Bertz CT molecular complexity index is 779. The lowest BCUT2D eigenvalue weighted by Gasteiger charge is -2.03. The number of aromatic hydroxyl groups is 1. The topological polar surface area (TPSA) is 76.5 Å². The molecular weight excluding hydrogens is 306 g/mol. The standard InChI is InChI=1S/C19H17NO4/c1-24-19-12-14(6-10-18(19)23)5-8-16(21)13-17(22)9-7-15-4-2-3-11-20-15/h2-12,23H,13H2,1H3. The molecule has 5 nitrogen and oxygen atoms in total. The summed E-state index contributed by atoms with van der Waals surface area (Å²) in [6, 6.07) is 10.1. The molecule has 0 aliphatic heterocycles. The number of allylic oxidation sites excluding steroid dienone is 2. The highest BCUT2D eigenvalue weighted by atomic mass is 16.5. The monoisotopic (exact) mass is 323 g/mol. The minimum absolute atomic E-state index is 0.0239. The Kier molecular flexibility index (Phi) is 6.02. The summed E-state index contributed by atoms with van der Waals surface area (Å²) in [7, 11) is 1.44. The minimum Gasteiger partial charge on any atom is -0.504 e. The molecule has 0 unspecified atom stereocenters. The SMILES string of the molecule is COc1cc(C=CC(=O)CC(=O)C=Cc2ccccn2)ccc1O. The highest BCUT2D eigenvalue weighted by Crippen LogP contribution is 2.26. The zero-order valence-corrected chi connectivity index (χ0v) is 13.2. The number of carbonyl (C=O) groups is 2. The summed E-state index contributed by atoms with van der Waals surface area (Å²) in [5.41, 5.74) is 1.35. The van der Waals surface area contributed by atoms with Gasteiger partial charge in [0.2, 0.25) is 0 Å². The maximum Gasteiger partial charge on any atom is 0.163 e. The van der Waals surface area contributed by atoms with Gasteiger partial charge in [0.1, 0.15) is 0 Å². The second-order valence-corrected chi connectivity index (χ2v) is 4.96. The Morgan fingerprint density at radius 2 is 1.88 bits per heavy atom. The van der Waals surface area contributed by atoms with Crippen LogP contribution in [0.1, 0.15) is 17.7 Å². The fourth-order valence-corrected chi connectivity index (χ4v) is 1.93. The summed E-state index contributed by atoms with van der Waals surface area (Å²) in [5.74, 6) is -0.258.